The van der Waals surface area contributed by atoms with Crippen molar-refractivity contribution in [2.24, 2.45) is 5.92 Å². The van der Waals surface area contributed by atoms with Gasteiger partial charge < -0.3 is 0 Å². The van der Waals surface area contributed by atoms with Crippen LogP contribution in [0, 0.1) is 17.2 Å². The van der Waals surface area contributed by atoms with Crippen LogP contribution in [0.4, 0.5) is 0 Å². The number of nitrogens with one attached hydrogen (secondary N) is 2. The summed E-state index contributed by atoms with van der Waals surface area (Å²) in [5, 5.41) is 8.86. The lowest BCUT2D eigenvalue weighted by Gasteiger charge is -2.23. The van der Waals surface area contributed by atoms with Gasteiger partial charge in [0.25, 0.3) is 10.2 Å². The summed E-state index contributed by atoms with van der Waals surface area (Å²) in [6.45, 7) is 5.34. The highest BCUT2D eigenvalue weighted by atomic mass is 32.2. The average Bonchev–Trinajstić information content (AvgIpc) is 2.45. The molecule has 0 spiro atoms. The zero-order valence-electron chi connectivity index (χ0n) is 9.95. The van der Waals surface area contributed by atoms with Crippen molar-refractivity contribution in [2.75, 3.05) is 0 Å². The van der Waals surface area contributed by atoms with Gasteiger partial charge in [-0.15, -0.1) is 0 Å². The van der Waals surface area contributed by atoms with Gasteiger partial charge in [-0.05, 0) is 33.6 Å². The second-order valence-corrected chi connectivity index (χ2v) is 6.69. The molecule has 1 rings (SSSR count). The van der Waals surface area contributed by atoms with Crippen molar-refractivity contribution >= 4 is 10.2 Å². The van der Waals surface area contributed by atoms with E-state index in [1.165, 1.54) is 0 Å². The van der Waals surface area contributed by atoms with Crippen LogP contribution < -0.4 is 9.44 Å². The molecule has 1 fully saturated rings. The Morgan fingerprint density at radius 3 is 2.44 bits per heavy atom. The first-order valence-corrected chi connectivity index (χ1v) is 6.93. The fourth-order valence-electron chi connectivity index (χ4n) is 1.89. The van der Waals surface area contributed by atoms with E-state index in [4.69, 9.17) is 5.26 Å². The van der Waals surface area contributed by atoms with E-state index in [-0.39, 0.29) is 12.0 Å². The predicted molar refractivity (Wildman–Crippen MR) is 61.7 cm³/mol. The summed E-state index contributed by atoms with van der Waals surface area (Å²) in [6, 6.07) is 1.90. The van der Waals surface area contributed by atoms with Crippen LogP contribution in [-0.4, -0.2) is 20.0 Å². The molecule has 0 bridgehead atoms. The molecule has 0 amide bonds. The smallest absolute Gasteiger partial charge is 0.198 e. The molecule has 0 aliphatic heterocycles. The van der Waals surface area contributed by atoms with E-state index >= 15 is 0 Å². The molecule has 2 atom stereocenters. The summed E-state index contributed by atoms with van der Waals surface area (Å²) < 4.78 is 28.5. The third kappa shape index (κ3) is 4.08. The van der Waals surface area contributed by atoms with Crippen molar-refractivity contribution in [1.82, 2.24) is 9.44 Å². The van der Waals surface area contributed by atoms with E-state index in [0.717, 1.165) is 19.3 Å². The van der Waals surface area contributed by atoms with Crippen LogP contribution in [0.5, 0.6) is 0 Å². The highest BCUT2D eigenvalue weighted by Gasteiger charge is 2.31. The molecule has 6 heteroatoms. The van der Waals surface area contributed by atoms with E-state index in [9.17, 15) is 8.42 Å². The van der Waals surface area contributed by atoms with Crippen LogP contribution in [0.2, 0.25) is 0 Å². The summed E-state index contributed by atoms with van der Waals surface area (Å²) in [4.78, 5) is 0. The average molecular weight is 245 g/mol. The Morgan fingerprint density at radius 2 is 1.94 bits per heavy atom. The lowest BCUT2D eigenvalue weighted by molar-refractivity contribution is 0.463. The van der Waals surface area contributed by atoms with E-state index in [0.29, 0.717) is 0 Å². The summed E-state index contributed by atoms with van der Waals surface area (Å²) in [5.41, 5.74) is -0.507. The molecule has 1 saturated carbocycles. The third-order valence-corrected chi connectivity index (χ3v) is 3.92. The monoisotopic (exact) mass is 245 g/mol. The Balaban J connectivity index is 2.63. The van der Waals surface area contributed by atoms with Gasteiger partial charge in [0.2, 0.25) is 0 Å². The molecule has 92 valence electrons. The molecule has 1 aliphatic rings. The maximum atomic E-state index is 11.7. The molecule has 1 aliphatic carbocycles. The van der Waals surface area contributed by atoms with Crippen molar-refractivity contribution in [3.8, 4) is 6.07 Å². The molecule has 0 aromatic rings. The van der Waals surface area contributed by atoms with Crippen molar-refractivity contribution in [2.45, 2.75) is 51.6 Å². The quantitative estimate of drug-likeness (QED) is 0.775. The Kier molecular flexibility index (Phi) is 3.94. The molecule has 2 unspecified atom stereocenters. The van der Waals surface area contributed by atoms with Crippen LogP contribution in [0.25, 0.3) is 0 Å². The van der Waals surface area contributed by atoms with E-state index in [1.807, 2.05) is 0 Å². The molecule has 0 heterocycles. The van der Waals surface area contributed by atoms with Crippen LogP contribution in [0.1, 0.15) is 40.0 Å². The van der Waals surface area contributed by atoms with Crippen molar-refractivity contribution in [3.05, 3.63) is 0 Å². The number of rotatable bonds is 3. The van der Waals surface area contributed by atoms with Crippen molar-refractivity contribution < 1.29 is 8.42 Å². The zero-order chi connectivity index (χ0) is 12.4. The summed E-state index contributed by atoms with van der Waals surface area (Å²) in [6.07, 6.45) is 2.42. The Labute approximate surface area is 97.4 Å². The third-order valence-electron chi connectivity index (χ3n) is 2.43. The largest absolute Gasteiger partial charge is 0.277 e. The first kappa shape index (κ1) is 13.4. The molecule has 0 aromatic carbocycles. The molecular weight excluding hydrogens is 226 g/mol. The molecule has 5 nitrogen and oxygen atoms in total. The number of hydrogen-bond donors (Lipinski definition) is 2. The highest BCUT2D eigenvalue weighted by molar-refractivity contribution is 7.87. The van der Waals surface area contributed by atoms with Crippen molar-refractivity contribution in [3.63, 3.8) is 0 Å². The minimum atomic E-state index is -3.52. The fourth-order valence-corrected chi connectivity index (χ4v) is 3.43. The van der Waals surface area contributed by atoms with Gasteiger partial charge >= 0.3 is 0 Å². The highest BCUT2D eigenvalue weighted by Crippen LogP contribution is 2.25. The van der Waals surface area contributed by atoms with Gasteiger partial charge in [0.05, 0.1) is 12.0 Å². The van der Waals surface area contributed by atoms with E-state index in [1.54, 1.807) is 20.8 Å². The summed E-state index contributed by atoms with van der Waals surface area (Å²) in [5.74, 6) is -0.198. The maximum absolute atomic E-state index is 11.7. The summed E-state index contributed by atoms with van der Waals surface area (Å²) >= 11 is 0. The van der Waals surface area contributed by atoms with Gasteiger partial charge in [-0.2, -0.15) is 23.1 Å². The maximum Gasteiger partial charge on any atom is 0.277 e. The van der Waals surface area contributed by atoms with Gasteiger partial charge in [-0.3, -0.25) is 0 Å². The van der Waals surface area contributed by atoms with Gasteiger partial charge in [0.15, 0.2) is 0 Å². The molecule has 2 N–H and O–H groups in total. The zero-order valence-corrected chi connectivity index (χ0v) is 10.8. The van der Waals surface area contributed by atoms with Gasteiger partial charge in [-0.25, -0.2) is 0 Å². The summed E-state index contributed by atoms with van der Waals surface area (Å²) in [7, 11) is -3.52. The lowest BCUT2D eigenvalue weighted by atomic mass is 10.1. The van der Waals surface area contributed by atoms with E-state index < -0.39 is 15.7 Å². The lowest BCUT2D eigenvalue weighted by Crippen LogP contribution is -2.50. The van der Waals surface area contributed by atoms with Gasteiger partial charge in [0, 0.05) is 11.6 Å². The topological polar surface area (TPSA) is 82.0 Å². The molecule has 0 saturated heterocycles. The SMILES string of the molecule is CC(C)(C)NS(=O)(=O)NC1CCCC1C#N. The first-order chi connectivity index (χ1) is 7.23. The number of nitriles is 1. The van der Waals surface area contributed by atoms with Crippen molar-refractivity contribution in [1.29, 1.82) is 5.26 Å². The normalized spacial score (nSPS) is 26.6. The fraction of sp³-hybridized carbons (Fsp3) is 0.900. The molecular formula is C10H19N3O2S. The Bertz CT molecular complexity index is 378. The number of hydrogen-bond acceptors (Lipinski definition) is 3. The van der Waals surface area contributed by atoms with Crippen LogP contribution >= 0.6 is 0 Å². The predicted octanol–water partition coefficient (Wildman–Crippen LogP) is 0.901. The number of nitrogens with zero attached hydrogens (tertiary/aromatic N) is 1. The molecule has 0 aromatic heterocycles. The van der Waals surface area contributed by atoms with E-state index in [2.05, 4.69) is 15.5 Å². The standard InChI is InChI=1S/C10H19N3O2S/c1-10(2,3)13-16(14,15)12-9-6-4-5-8(9)7-11/h8-9,12-13H,4-6H2,1-3H3. The van der Waals surface area contributed by atoms with Crippen LogP contribution in [0.15, 0.2) is 0 Å². The molecule has 16 heavy (non-hydrogen) atoms. The second kappa shape index (κ2) is 4.70. The Morgan fingerprint density at radius 1 is 1.31 bits per heavy atom. The Hall–Kier alpha value is -0.640. The first-order valence-electron chi connectivity index (χ1n) is 5.44. The van der Waals surface area contributed by atoms with Crippen LogP contribution in [0.3, 0.4) is 0 Å². The van der Waals surface area contributed by atoms with Gasteiger partial charge in [0.1, 0.15) is 0 Å². The molecule has 0 radical (unpaired) electrons. The van der Waals surface area contributed by atoms with Gasteiger partial charge in [-0.1, -0.05) is 6.42 Å². The second-order valence-electron chi connectivity index (χ2n) is 5.25. The minimum Gasteiger partial charge on any atom is -0.198 e. The van der Waals surface area contributed by atoms with Crippen LogP contribution in [-0.2, 0) is 10.2 Å². The minimum absolute atomic E-state index is 0.198.